The number of hydrogen-bond donors (Lipinski definition) is 2. The van der Waals surface area contributed by atoms with Crippen LogP contribution in [0.2, 0.25) is 0 Å². The van der Waals surface area contributed by atoms with Crippen molar-refractivity contribution < 1.29 is 38.7 Å². The largest absolute Gasteiger partial charge is 0.497 e. The Morgan fingerprint density at radius 2 is 1.68 bits per heavy atom. The van der Waals surface area contributed by atoms with E-state index in [4.69, 9.17) is 23.7 Å². The maximum atomic E-state index is 13.0. The fraction of sp³-hybridized carbons (Fsp3) is 0.345. The molecule has 1 heterocycles. The average Bonchev–Trinajstić information content (AvgIpc) is 3.52. The second-order valence-corrected chi connectivity index (χ2v) is 9.05. The van der Waals surface area contributed by atoms with Crippen LogP contribution < -0.4 is 23.7 Å². The van der Waals surface area contributed by atoms with Crippen LogP contribution in [-0.4, -0.2) is 49.9 Å². The van der Waals surface area contributed by atoms with Crippen molar-refractivity contribution in [3.8, 4) is 28.7 Å². The van der Waals surface area contributed by atoms with Crippen LogP contribution in [0.4, 0.5) is 0 Å². The van der Waals surface area contributed by atoms with Gasteiger partial charge in [-0.15, -0.1) is 0 Å². The van der Waals surface area contributed by atoms with Crippen molar-refractivity contribution in [2.24, 2.45) is 5.92 Å². The Morgan fingerprint density at radius 1 is 0.892 bits per heavy atom. The molecule has 2 aliphatic rings. The standard InChI is InChI=1S/C29H30O8/c1-3-11-34-19-6-7-20-22(14-19)27(21-8-5-18(33-2)15-24(21)35-12-10-30)28(29(31)32)26(20)17-4-9-23-25(13-17)37-16-36-23/h4-9,13-15,26-28,30H,3,10-12,16H2,1-2H3,(H,31,32)/t26-,27-,28+/m0/s1. The highest BCUT2D eigenvalue weighted by atomic mass is 16.7. The highest BCUT2D eigenvalue weighted by molar-refractivity contribution is 5.78. The topological polar surface area (TPSA) is 104 Å². The smallest absolute Gasteiger partial charge is 0.308 e. The number of methoxy groups -OCH3 is 1. The summed E-state index contributed by atoms with van der Waals surface area (Å²) in [6, 6.07) is 16.8. The van der Waals surface area contributed by atoms with E-state index in [-0.39, 0.29) is 20.0 Å². The van der Waals surface area contributed by atoms with Gasteiger partial charge in [-0.05, 0) is 53.4 Å². The minimum Gasteiger partial charge on any atom is -0.497 e. The molecule has 0 aromatic heterocycles. The molecule has 3 atom stereocenters. The quantitative estimate of drug-likeness (QED) is 0.413. The number of carboxylic acids is 1. The SMILES string of the molecule is CCCOc1ccc2c(c1)[C@H](c1ccc(OC)cc1OCCO)[C@H](C(=O)O)[C@H]2c1ccc2c(c1)OCO2. The van der Waals surface area contributed by atoms with Gasteiger partial charge in [-0.3, -0.25) is 4.79 Å². The van der Waals surface area contributed by atoms with E-state index in [0.29, 0.717) is 40.9 Å². The minimum absolute atomic E-state index is 0.0721. The fourth-order valence-electron chi connectivity index (χ4n) is 5.31. The zero-order valence-electron chi connectivity index (χ0n) is 20.8. The lowest BCUT2D eigenvalue weighted by Gasteiger charge is -2.25. The first-order valence-electron chi connectivity index (χ1n) is 12.4. The summed E-state index contributed by atoms with van der Waals surface area (Å²) < 4.78 is 28.3. The van der Waals surface area contributed by atoms with E-state index in [1.54, 1.807) is 19.2 Å². The molecule has 8 nitrogen and oxygen atoms in total. The Bertz CT molecular complexity index is 1290. The summed E-state index contributed by atoms with van der Waals surface area (Å²) in [6.07, 6.45) is 0.857. The zero-order valence-corrected chi connectivity index (χ0v) is 20.8. The monoisotopic (exact) mass is 506 g/mol. The number of carboxylic acid groups (broad SMARTS) is 1. The molecule has 0 saturated carbocycles. The lowest BCUT2D eigenvalue weighted by Crippen LogP contribution is -2.24. The van der Waals surface area contributed by atoms with Gasteiger partial charge >= 0.3 is 5.97 Å². The molecule has 0 amide bonds. The van der Waals surface area contributed by atoms with E-state index in [1.807, 2.05) is 49.4 Å². The second-order valence-electron chi connectivity index (χ2n) is 9.05. The number of fused-ring (bicyclic) bond motifs is 2. The summed E-state index contributed by atoms with van der Waals surface area (Å²) in [6.45, 7) is 2.64. The Balaban J connectivity index is 1.69. The molecule has 194 valence electrons. The van der Waals surface area contributed by atoms with Crippen LogP contribution in [0.3, 0.4) is 0 Å². The van der Waals surface area contributed by atoms with Crippen molar-refractivity contribution in [1.29, 1.82) is 0 Å². The molecular formula is C29H30O8. The molecule has 3 aromatic carbocycles. The Hall–Kier alpha value is -3.91. The van der Waals surface area contributed by atoms with Gasteiger partial charge in [0.2, 0.25) is 6.79 Å². The van der Waals surface area contributed by atoms with E-state index in [0.717, 1.165) is 23.1 Å². The molecule has 0 fully saturated rings. The summed E-state index contributed by atoms with van der Waals surface area (Å²) in [5.74, 6) is 0.246. The predicted molar refractivity (Wildman–Crippen MR) is 135 cm³/mol. The number of benzene rings is 3. The second kappa shape index (κ2) is 10.6. The van der Waals surface area contributed by atoms with Crippen molar-refractivity contribution in [3.63, 3.8) is 0 Å². The fourth-order valence-corrected chi connectivity index (χ4v) is 5.31. The van der Waals surface area contributed by atoms with Gasteiger partial charge < -0.3 is 33.9 Å². The molecule has 0 radical (unpaired) electrons. The van der Waals surface area contributed by atoms with Crippen LogP contribution >= 0.6 is 0 Å². The molecule has 3 aromatic rings. The first-order chi connectivity index (χ1) is 18.0. The molecule has 37 heavy (non-hydrogen) atoms. The van der Waals surface area contributed by atoms with Gasteiger partial charge in [0.05, 0.1) is 26.2 Å². The molecule has 5 rings (SSSR count). The predicted octanol–water partition coefficient (Wildman–Crippen LogP) is 4.56. The normalized spacial score (nSPS) is 19.4. The Kier molecular flexibility index (Phi) is 7.10. The van der Waals surface area contributed by atoms with E-state index >= 15 is 0 Å². The first-order valence-corrected chi connectivity index (χ1v) is 12.4. The van der Waals surface area contributed by atoms with Gasteiger partial charge in [0.25, 0.3) is 0 Å². The molecular weight excluding hydrogens is 476 g/mol. The van der Waals surface area contributed by atoms with Crippen molar-refractivity contribution in [2.75, 3.05) is 33.7 Å². The molecule has 2 N–H and O–H groups in total. The minimum atomic E-state index is -0.927. The van der Waals surface area contributed by atoms with E-state index < -0.39 is 23.7 Å². The summed E-state index contributed by atoms with van der Waals surface area (Å²) in [7, 11) is 1.56. The van der Waals surface area contributed by atoms with Gasteiger partial charge in [0.1, 0.15) is 23.9 Å². The van der Waals surface area contributed by atoms with E-state index in [2.05, 4.69) is 0 Å². The third-order valence-corrected chi connectivity index (χ3v) is 6.86. The highest BCUT2D eigenvalue weighted by Crippen LogP contribution is 2.56. The number of aliphatic hydroxyl groups is 1. The molecule has 0 saturated heterocycles. The highest BCUT2D eigenvalue weighted by Gasteiger charge is 2.48. The number of rotatable bonds is 10. The van der Waals surface area contributed by atoms with Gasteiger partial charge in [-0.2, -0.15) is 0 Å². The third-order valence-electron chi connectivity index (χ3n) is 6.86. The third kappa shape index (κ3) is 4.64. The summed E-state index contributed by atoms with van der Waals surface area (Å²) in [5.41, 5.74) is 3.31. The van der Waals surface area contributed by atoms with Crippen LogP contribution in [0, 0.1) is 5.92 Å². The van der Waals surface area contributed by atoms with Crippen LogP contribution in [0.1, 0.15) is 47.4 Å². The number of carbonyl (C=O) groups is 1. The molecule has 0 bridgehead atoms. The summed E-state index contributed by atoms with van der Waals surface area (Å²) in [5, 5.41) is 20.0. The maximum Gasteiger partial charge on any atom is 0.308 e. The Morgan fingerprint density at radius 3 is 2.43 bits per heavy atom. The van der Waals surface area contributed by atoms with Crippen molar-refractivity contribution in [3.05, 3.63) is 76.9 Å². The molecule has 1 aliphatic heterocycles. The van der Waals surface area contributed by atoms with Gasteiger partial charge in [0.15, 0.2) is 11.5 Å². The summed E-state index contributed by atoms with van der Waals surface area (Å²) in [4.78, 5) is 13.0. The first kappa shape index (κ1) is 24.8. The molecule has 0 unspecified atom stereocenters. The van der Waals surface area contributed by atoms with Gasteiger partial charge in [-0.25, -0.2) is 0 Å². The van der Waals surface area contributed by atoms with Crippen LogP contribution in [-0.2, 0) is 4.79 Å². The van der Waals surface area contributed by atoms with E-state index in [1.165, 1.54) is 0 Å². The number of hydrogen-bond acceptors (Lipinski definition) is 7. The summed E-state index contributed by atoms with van der Waals surface area (Å²) >= 11 is 0. The van der Waals surface area contributed by atoms with Crippen molar-refractivity contribution >= 4 is 5.97 Å². The lowest BCUT2D eigenvalue weighted by atomic mass is 9.79. The zero-order chi connectivity index (χ0) is 25.9. The Labute approximate surface area is 215 Å². The van der Waals surface area contributed by atoms with Crippen molar-refractivity contribution in [2.45, 2.75) is 25.2 Å². The van der Waals surface area contributed by atoms with Crippen LogP contribution in [0.25, 0.3) is 0 Å². The van der Waals surface area contributed by atoms with Crippen LogP contribution in [0.15, 0.2) is 54.6 Å². The van der Waals surface area contributed by atoms with Gasteiger partial charge in [-0.1, -0.05) is 25.1 Å². The lowest BCUT2D eigenvalue weighted by molar-refractivity contribution is -0.142. The van der Waals surface area contributed by atoms with Crippen molar-refractivity contribution in [1.82, 2.24) is 0 Å². The van der Waals surface area contributed by atoms with Crippen LogP contribution in [0.5, 0.6) is 28.7 Å². The number of aliphatic hydroxyl groups excluding tert-OH is 1. The molecule has 8 heteroatoms. The molecule has 0 spiro atoms. The average molecular weight is 507 g/mol. The maximum absolute atomic E-state index is 13.0. The van der Waals surface area contributed by atoms with Gasteiger partial charge in [0, 0.05) is 23.5 Å². The number of ether oxygens (including phenoxy) is 5. The molecule has 1 aliphatic carbocycles. The van der Waals surface area contributed by atoms with E-state index in [9.17, 15) is 15.0 Å². The number of aliphatic carboxylic acids is 1.